The largest absolute Gasteiger partial charge is 0.490 e. The zero-order valence-corrected chi connectivity index (χ0v) is 14.5. The van der Waals surface area contributed by atoms with Crippen molar-refractivity contribution in [3.8, 4) is 11.5 Å². The Morgan fingerprint density at radius 2 is 1.88 bits per heavy atom. The lowest BCUT2D eigenvalue weighted by atomic mass is 10.0. The van der Waals surface area contributed by atoms with Gasteiger partial charge >= 0.3 is 0 Å². The van der Waals surface area contributed by atoms with Gasteiger partial charge in [-0.3, -0.25) is 9.59 Å². The van der Waals surface area contributed by atoms with Crippen molar-refractivity contribution in [3.05, 3.63) is 59.7 Å². The van der Waals surface area contributed by atoms with Crippen LogP contribution in [0.3, 0.4) is 0 Å². The van der Waals surface area contributed by atoms with Crippen LogP contribution in [0.15, 0.2) is 48.5 Å². The molecule has 25 heavy (non-hydrogen) atoms. The van der Waals surface area contributed by atoms with Crippen LogP contribution in [0.1, 0.15) is 35.7 Å². The Morgan fingerprint density at radius 3 is 2.56 bits per heavy atom. The minimum absolute atomic E-state index is 0.109. The van der Waals surface area contributed by atoms with Crippen LogP contribution in [0.2, 0.25) is 0 Å². The molecular formula is C20H23NO4. The van der Waals surface area contributed by atoms with Crippen LogP contribution in [0.5, 0.6) is 11.5 Å². The van der Waals surface area contributed by atoms with Crippen molar-refractivity contribution in [2.45, 2.75) is 19.8 Å². The van der Waals surface area contributed by atoms with Crippen LogP contribution in [-0.2, 0) is 4.79 Å². The van der Waals surface area contributed by atoms with Crippen molar-refractivity contribution in [3.63, 3.8) is 0 Å². The standard InChI is InChI=1S/C20H23NO4/c1-3-24-19-11-16(13-22)9-10-18(19)25-14-20(23)21-12-15(2)17-7-5-4-6-8-17/h4-11,13,15H,3,12,14H2,1-2H3,(H,21,23)/t15-/m0/s1. The van der Waals surface area contributed by atoms with Gasteiger partial charge in [-0.25, -0.2) is 0 Å². The number of amides is 1. The Morgan fingerprint density at radius 1 is 1.12 bits per heavy atom. The molecule has 0 heterocycles. The number of rotatable bonds is 9. The first kappa shape index (κ1) is 18.5. The summed E-state index contributed by atoms with van der Waals surface area (Å²) in [6.07, 6.45) is 0.740. The molecule has 5 heteroatoms. The van der Waals surface area contributed by atoms with Gasteiger partial charge in [0.05, 0.1) is 6.61 Å². The monoisotopic (exact) mass is 341 g/mol. The molecule has 0 saturated heterocycles. The fourth-order valence-corrected chi connectivity index (χ4v) is 2.35. The summed E-state index contributed by atoms with van der Waals surface area (Å²) in [6, 6.07) is 14.9. The second kappa shape index (κ2) is 9.47. The van der Waals surface area contributed by atoms with Gasteiger partial charge in [-0.15, -0.1) is 0 Å². The summed E-state index contributed by atoms with van der Waals surface area (Å²) in [4.78, 5) is 22.9. The van der Waals surface area contributed by atoms with Crippen molar-refractivity contribution < 1.29 is 19.1 Å². The third kappa shape index (κ3) is 5.64. The summed E-state index contributed by atoms with van der Waals surface area (Å²) >= 11 is 0. The third-order valence-corrected chi connectivity index (χ3v) is 3.74. The molecule has 0 aliphatic carbocycles. The van der Waals surface area contributed by atoms with Gasteiger partial charge in [0.1, 0.15) is 6.29 Å². The number of aldehydes is 1. The molecule has 0 unspecified atom stereocenters. The fourth-order valence-electron chi connectivity index (χ4n) is 2.35. The van der Waals surface area contributed by atoms with Gasteiger partial charge in [-0.1, -0.05) is 37.3 Å². The molecule has 0 bridgehead atoms. The fraction of sp³-hybridized carbons (Fsp3) is 0.300. The van der Waals surface area contributed by atoms with Gasteiger partial charge in [-0.2, -0.15) is 0 Å². The molecule has 0 radical (unpaired) electrons. The first-order valence-electron chi connectivity index (χ1n) is 8.30. The van der Waals surface area contributed by atoms with Crippen LogP contribution in [0.4, 0.5) is 0 Å². The van der Waals surface area contributed by atoms with E-state index in [-0.39, 0.29) is 18.4 Å². The van der Waals surface area contributed by atoms with Crippen LogP contribution >= 0.6 is 0 Å². The number of hydrogen-bond acceptors (Lipinski definition) is 4. The zero-order chi connectivity index (χ0) is 18.1. The van der Waals surface area contributed by atoms with Crippen LogP contribution in [0.25, 0.3) is 0 Å². The highest BCUT2D eigenvalue weighted by Gasteiger charge is 2.11. The number of hydrogen-bond donors (Lipinski definition) is 1. The Labute approximate surface area is 148 Å². The third-order valence-electron chi connectivity index (χ3n) is 3.74. The van der Waals surface area contributed by atoms with Crippen molar-refractivity contribution in [2.24, 2.45) is 0 Å². The summed E-state index contributed by atoms with van der Waals surface area (Å²) in [5.74, 6) is 0.914. The molecule has 0 saturated carbocycles. The highest BCUT2D eigenvalue weighted by atomic mass is 16.5. The molecule has 0 spiro atoms. The first-order valence-corrected chi connectivity index (χ1v) is 8.30. The maximum atomic E-state index is 12.0. The zero-order valence-electron chi connectivity index (χ0n) is 14.5. The Balaban J connectivity index is 1.86. The summed E-state index contributed by atoms with van der Waals surface area (Å²) < 4.78 is 11.0. The van der Waals surface area contributed by atoms with E-state index >= 15 is 0 Å². The quantitative estimate of drug-likeness (QED) is 0.712. The smallest absolute Gasteiger partial charge is 0.257 e. The number of carbonyl (C=O) groups excluding carboxylic acids is 2. The van der Waals surface area contributed by atoms with E-state index in [0.29, 0.717) is 30.2 Å². The molecule has 0 aliphatic heterocycles. The van der Waals surface area contributed by atoms with Crippen molar-refractivity contribution in [2.75, 3.05) is 19.8 Å². The van der Waals surface area contributed by atoms with Gasteiger partial charge in [0.2, 0.25) is 0 Å². The Bertz CT molecular complexity index is 700. The predicted octanol–water partition coefficient (Wildman–Crippen LogP) is 3.20. The number of ether oxygens (including phenoxy) is 2. The van der Waals surface area contributed by atoms with Gasteiger partial charge in [-0.05, 0) is 36.6 Å². The minimum atomic E-state index is -0.204. The molecule has 5 nitrogen and oxygen atoms in total. The molecule has 0 fully saturated rings. The number of benzene rings is 2. The van der Waals surface area contributed by atoms with Gasteiger partial charge in [0, 0.05) is 12.1 Å². The van der Waals surface area contributed by atoms with Crippen LogP contribution < -0.4 is 14.8 Å². The minimum Gasteiger partial charge on any atom is -0.490 e. The Hall–Kier alpha value is -2.82. The molecular weight excluding hydrogens is 318 g/mol. The van der Waals surface area contributed by atoms with Crippen LogP contribution in [0, 0.1) is 0 Å². The number of carbonyl (C=O) groups is 2. The molecule has 1 N–H and O–H groups in total. The molecule has 1 amide bonds. The van der Waals surface area contributed by atoms with Crippen LogP contribution in [-0.4, -0.2) is 32.0 Å². The maximum Gasteiger partial charge on any atom is 0.257 e. The lowest BCUT2D eigenvalue weighted by molar-refractivity contribution is -0.123. The SMILES string of the molecule is CCOc1cc(C=O)ccc1OCC(=O)NC[C@H](C)c1ccccc1. The van der Waals surface area contributed by atoms with E-state index in [2.05, 4.69) is 12.2 Å². The van der Waals surface area contributed by atoms with E-state index in [1.165, 1.54) is 5.56 Å². The highest BCUT2D eigenvalue weighted by Crippen LogP contribution is 2.28. The van der Waals surface area contributed by atoms with Gasteiger partial charge in [0.25, 0.3) is 5.91 Å². The molecule has 2 rings (SSSR count). The average molecular weight is 341 g/mol. The maximum absolute atomic E-state index is 12.0. The van der Waals surface area contributed by atoms with Crippen molar-refractivity contribution in [1.29, 1.82) is 0 Å². The van der Waals surface area contributed by atoms with E-state index in [1.54, 1.807) is 18.2 Å². The summed E-state index contributed by atoms with van der Waals surface area (Å²) in [5.41, 5.74) is 1.67. The Kier molecular flexibility index (Phi) is 7.01. The van der Waals surface area contributed by atoms with E-state index in [1.807, 2.05) is 37.3 Å². The predicted molar refractivity (Wildman–Crippen MR) is 96.4 cm³/mol. The summed E-state index contributed by atoms with van der Waals surface area (Å²) in [6.45, 7) is 4.77. The van der Waals surface area contributed by atoms with E-state index in [0.717, 1.165) is 6.29 Å². The molecule has 1 atom stereocenters. The van der Waals surface area contributed by atoms with Crippen molar-refractivity contribution in [1.82, 2.24) is 5.32 Å². The molecule has 2 aromatic carbocycles. The molecule has 2 aromatic rings. The summed E-state index contributed by atoms with van der Waals surface area (Å²) in [7, 11) is 0. The number of nitrogens with one attached hydrogen (secondary N) is 1. The molecule has 0 aromatic heterocycles. The lowest BCUT2D eigenvalue weighted by Gasteiger charge is -2.14. The summed E-state index contributed by atoms with van der Waals surface area (Å²) in [5, 5.41) is 2.86. The molecule has 0 aliphatic rings. The lowest BCUT2D eigenvalue weighted by Crippen LogP contribution is -2.31. The second-order valence-corrected chi connectivity index (χ2v) is 5.66. The van der Waals surface area contributed by atoms with E-state index < -0.39 is 0 Å². The normalized spacial score (nSPS) is 11.4. The average Bonchev–Trinajstić information content (AvgIpc) is 2.65. The van der Waals surface area contributed by atoms with E-state index in [4.69, 9.17) is 9.47 Å². The first-order chi connectivity index (χ1) is 12.1. The van der Waals surface area contributed by atoms with Crippen molar-refractivity contribution >= 4 is 12.2 Å². The highest BCUT2D eigenvalue weighted by molar-refractivity contribution is 5.78. The van der Waals surface area contributed by atoms with E-state index in [9.17, 15) is 9.59 Å². The second-order valence-electron chi connectivity index (χ2n) is 5.66. The van der Waals surface area contributed by atoms with Gasteiger partial charge < -0.3 is 14.8 Å². The topological polar surface area (TPSA) is 64.6 Å². The molecule has 132 valence electrons. The van der Waals surface area contributed by atoms with Gasteiger partial charge in [0.15, 0.2) is 18.1 Å².